The van der Waals surface area contributed by atoms with Gasteiger partial charge in [0.05, 0.1) is 12.3 Å². The third-order valence-electron chi connectivity index (χ3n) is 4.98. The largest absolute Gasteiger partial charge is 0.494 e. The molecule has 4 rings (SSSR count). The molecule has 1 aromatic heterocycles. The lowest BCUT2D eigenvalue weighted by atomic mass is 9.90. The number of aliphatic hydroxyl groups is 1. The highest BCUT2D eigenvalue weighted by atomic mass is 16.5. The Kier molecular flexibility index (Phi) is 5.30. The Bertz CT molecular complexity index is 978. The number of aromatic nitrogens is 1. The zero-order valence-corrected chi connectivity index (χ0v) is 16.2. The van der Waals surface area contributed by atoms with Crippen molar-refractivity contribution in [1.29, 1.82) is 0 Å². The molecular weight excluding hydrogens is 354 g/mol. The Morgan fingerprint density at radius 1 is 1.14 bits per heavy atom. The summed E-state index contributed by atoms with van der Waals surface area (Å²) in [5, 5.41) is 14.2. The summed E-state index contributed by atoms with van der Waals surface area (Å²) in [6, 6.07) is 13.7. The van der Waals surface area contributed by atoms with Gasteiger partial charge >= 0.3 is 0 Å². The van der Waals surface area contributed by atoms with Gasteiger partial charge in [-0.05, 0) is 49.2 Å². The summed E-state index contributed by atoms with van der Waals surface area (Å²) in [6.07, 6.45) is 1.97. The maximum atomic E-state index is 9.79. The van der Waals surface area contributed by atoms with Crippen molar-refractivity contribution in [3.8, 4) is 17.2 Å². The quantitative estimate of drug-likeness (QED) is 0.666. The first-order valence-corrected chi connectivity index (χ1v) is 9.83. The van der Waals surface area contributed by atoms with E-state index in [2.05, 4.69) is 29.4 Å². The number of rotatable bonds is 6. The van der Waals surface area contributed by atoms with Gasteiger partial charge in [-0.2, -0.15) is 5.10 Å². The predicted molar refractivity (Wildman–Crippen MR) is 109 cm³/mol. The molecule has 0 radical (unpaired) electrons. The van der Waals surface area contributed by atoms with Crippen LogP contribution in [0.5, 0.6) is 5.75 Å². The molecule has 0 spiro atoms. The Labute approximate surface area is 164 Å². The summed E-state index contributed by atoms with van der Waals surface area (Å²) < 4.78 is 11.6. The first-order valence-electron chi connectivity index (χ1n) is 9.83. The molecule has 2 N–H and O–H groups in total. The summed E-state index contributed by atoms with van der Waals surface area (Å²) >= 11 is 0. The fourth-order valence-corrected chi connectivity index (χ4v) is 3.45. The van der Waals surface area contributed by atoms with Crippen LogP contribution in [0.4, 0.5) is 0 Å². The van der Waals surface area contributed by atoms with Gasteiger partial charge < -0.3 is 14.3 Å². The summed E-state index contributed by atoms with van der Waals surface area (Å²) in [6.45, 7) is 4.90. The topological polar surface area (TPSA) is 79.9 Å². The van der Waals surface area contributed by atoms with Gasteiger partial charge in [0.25, 0.3) is 0 Å². The molecule has 0 aliphatic carbocycles. The molecule has 2 aromatic carbocycles. The van der Waals surface area contributed by atoms with E-state index in [-0.39, 0.29) is 5.92 Å². The number of nitrogens with one attached hydrogen (secondary N) is 1. The summed E-state index contributed by atoms with van der Waals surface area (Å²) in [4.78, 5) is 4.61. The molecule has 2 atom stereocenters. The molecule has 2 unspecified atom stereocenters. The van der Waals surface area contributed by atoms with Crippen LogP contribution in [0, 0.1) is 5.92 Å². The van der Waals surface area contributed by atoms with E-state index < -0.39 is 6.23 Å². The van der Waals surface area contributed by atoms with Gasteiger partial charge in [-0.3, -0.25) is 5.43 Å². The Morgan fingerprint density at radius 2 is 1.93 bits per heavy atom. The van der Waals surface area contributed by atoms with Crippen molar-refractivity contribution in [1.82, 2.24) is 10.4 Å². The molecular formula is C22H25N3O3. The summed E-state index contributed by atoms with van der Waals surface area (Å²) in [5.41, 5.74) is 7.16. The second-order valence-corrected chi connectivity index (χ2v) is 7.06. The molecule has 6 heteroatoms. The molecule has 0 amide bonds. The Balaban J connectivity index is 1.61. The number of ether oxygens (including phenoxy) is 1. The van der Waals surface area contributed by atoms with E-state index in [0.29, 0.717) is 18.9 Å². The molecule has 0 saturated carbocycles. The van der Waals surface area contributed by atoms with Crippen LogP contribution in [0.1, 0.15) is 38.7 Å². The average molecular weight is 379 g/mol. The molecule has 6 nitrogen and oxygen atoms in total. The third-order valence-corrected chi connectivity index (χ3v) is 4.98. The van der Waals surface area contributed by atoms with Crippen molar-refractivity contribution in [3.05, 3.63) is 48.0 Å². The van der Waals surface area contributed by atoms with Gasteiger partial charge in [-0.15, -0.1) is 0 Å². The zero-order chi connectivity index (χ0) is 19.5. The van der Waals surface area contributed by atoms with Crippen molar-refractivity contribution in [2.24, 2.45) is 11.0 Å². The van der Waals surface area contributed by atoms with Crippen LogP contribution >= 0.6 is 0 Å². The monoisotopic (exact) mass is 379 g/mol. The molecule has 3 aromatic rings. The molecule has 28 heavy (non-hydrogen) atoms. The van der Waals surface area contributed by atoms with Crippen LogP contribution in [-0.2, 0) is 0 Å². The lowest BCUT2D eigenvalue weighted by Crippen LogP contribution is -2.36. The van der Waals surface area contributed by atoms with Crippen molar-refractivity contribution in [2.45, 2.75) is 39.3 Å². The van der Waals surface area contributed by atoms with E-state index in [0.717, 1.165) is 46.5 Å². The number of oxazole rings is 1. The van der Waals surface area contributed by atoms with Crippen LogP contribution < -0.4 is 10.2 Å². The van der Waals surface area contributed by atoms with Crippen LogP contribution in [0.3, 0.4) is 0 Å². The van der Waals surface area contributed by atoms with Gasteiger partial charge in [0.15, 0.2) is 5.58 Å². The Morgan fingerprint density at radius 3 is 2.68 bits per heavy atom. The SMILES string of the molecule is CCCOc1ccc(-c2nc3ccc(C4=NNC(O)CC4CC)cc3o2)cc1. The van der Waals surface area contributed by atoms with E-state index >= 15 is 0 Å². The molecule has 1 aliphatic heterocycles. The normalized spacial score (nSPS) is 19.3. The molecule has 0 fully saturated rings. The lowest BCUT2D eigenvalue weighted by Gasteiger charge is -2.26. The minimum atomic E-state index is -0.585. The number of hydrogen-bond donors (Lipinski definition) is 2. The third kappa shape index (κ3) is 3.73. The minimum absolute atomic E-state index is 0.215. The van der Waals surface area contributed by atoms with E-state index in [4.69, 9.17) is 9.15 Å². The van der Waals surface area contributed by atoms with Crippen LogP contribution in [-0.4, -0.2) is 28.6 Å². The second-order valence-electron chi connectivity index (χ2n) is 7.06. The van der Waals surface area contributed by atoms with E-state index in [1.54, 1.807) is 0 Å². The average Bonchev–Trinajstić information content (AvgIpc) is 3.15. The van der Waals surface area contributed by atoms with Crippen LogP contribution in [0.2, 0.25) is 0 Å². The van der Waals surface area contributed by atoms with Gasteiger partial charge in [-0.25, -0.2) is 4.98 Å². The van der Waals surface area contributed by atoms with Gasteiger partial charge in [-0.1, -0.05) is 19.9 Å². The standard InChI is InChI=1S/C22H25N3O3/c1-3-11-27-17-8-5-15(6-9-17)22-23-18-10-7-16(12-19(18)28-22)21-14(4-2)13-20(26)24-25-21/h5-10,12,14,20,24,26H,3-4,11,13H2,1-2H3. The van der Waals surface area contributed by atoms with Crippen molar-refractivity contribution < 1.29 is 14.3 Å². The number of nitrogens with zero attached hydrogens (tertiary/aromatic N) is 2. The first kappa shape index (κ1) is 18.5. The van der Waals surface area contributed by atoms with Gasteiger partial charge in [0, 0.05) is 23.5 Å². The number of aliphatic hydroxyl groups excluding tert-OH is 1. The van der Waals surface area contributed by atoms with Crippen molar-refractivity contribution in [2.75, 3.05) is 6.61 Å². The van der Waals surface area contributed by atoms with Gasteiger partial charge in [0.2, 0.25) is 5.89 Å². The maximum Gasteiger partial charge on any atom is 0.227 e. The fourth-order valence-electron chi connectivity index (χ4n) is 3.45. The Hall–Kier alpha value is -2.86. The zero-order valence-electron chi connectivity index (χ0n) is 16.2. The van der Waals surface area contributed by atoms with E-state index in [1.165, 1.54) is 0 Å². The smallest absolute Gasteiger partial charge is 0.227 e. The maximum absolute atomic E-state index is 9.79. The highest BCUT2D eigenvalue weighted by Gasteiger charge is 2.24. The number of hydrazone groups is 1. The fraction of sp³-hybridized carbons (Fsp3) is 0.364. The predicted octanol–water partition coefficient (Wildman–Crippen LogP) is 4.33. The lowest BCUT2D eigenvalue weighted by molar-refractivity contribution is 0.111. The van der Waals surface area contributed by atoms with Crippen molar-refractivity contribution >= 4 is 16.8 Å². The highest BCUT2D eigenvalue weighted by Crippen LogP contribution is 2.28. The number of hydrogen-bond acceptors (Lipinski definition) is 6. The molecule has 2 heterocycles. The number of benzene rings is 2. The van der Waals surface area contributed by atoms with Crippen LogP contribution in [0.25, 0.3) is 22.6 Å². The number of fused-ring (bicyclic) bond motifs is 1. The first-order chi connectivity index (χ1) is 13.7. The molecule has 146 valence electrons. The molecule has 0 bridgehead atoms. The van der Waals surface area contributed by atoms with Gasteiger partial charge in [0.1, 0.15) is 17.5 Å². The molecule has 1 aliphatic rings. The minimum Gasteiger partial charge on any atom is -0.494 e. The van der Waals surface area contributed by atoms with Crippen molar-refractivity contribution in [3.63, 3.8) is 0 Å². The van der Waals surface area contributed by atoms with Crippen LogP contribution in [0.15, 0.2) is 52.0 Å². The van der Waals surface area contributed by atoms with E-state index in [1.807, 2.05) is 42.5 Å². The highest BCUT2D eigenvalue weighted by molar-refractivity contribution is 6.04. The summed E-state index contributed by atoms with van der Waals surface area (Å²) in [7, 11) is 0. The van der Waals surface area contributed by atoms with E-state index in [9.17, 15) is 5.11 Å². The molecule has 0 saturated heterocycles. The summed E-state index contributed by atoms with van der Waals surface area (Å²) in [5.74, 6) is 1.65. The second kappa shape index (κ2) is 8.02.